The fourth-order valence-electron chi connectivity index (χ4n) is 1.50. The van der Waals surface area contributed by atoms with Gasteiger partial charge < -0.3 is 4.74 Å². The Morgan fingerprint density at radius 2 is 2.10 bits per heavy atom. The predicted molar refractivity (Wildman–Crippen MR) is 85.0 cm³/mol. The number of methoxy groups -OCH3 is 1. The predicted octanol–water partition coefficient (Wildman–Crippen LogP) is 2.46. The van der Waals surface area contributed by atoms with Crippen LogP contribution in [0.4, 0.5) is 0 Å². The molecular weight excluding hydrogens is 369 g/mol. The lowest BCUT2D eigenvalue weighted by atomic mass is 10.2. The summed E-state index contributed by atoms with van der Waals surface area (Å²) in [5.74, 6) is 0.537. The first-order valence-corrected chi connectivity index (χ1v) is 6.85. The molecule has 0 spiro atoms. The largest absolute Gasteiger partial charge is 0.496 e. The molecule has 1 amide bonds. The molecule has 1 aromatic carbocycles. The Bertz CT molecular complexity index is 630. The molecule has 0 radical (unpaired) electrons. The van der Waals surface area contributed by atoms with Crippen LogP contribution in [0.15, 0.2) is 47.8 Å². The Labute approximate surface area is 130 Å². The van der Waals surface area contributed by atoms with Crippen LogP contribution in [0.5, 0.6) is 5.75 Å². The number of pyridine rings is 1. The van der Waals surface area contributed by atoms with Crippen molar-refractivity contribution in [1.82, 2.24) is 10.4 Å². The Balaban J connectivity index is 2.00. The van der Waals surface area contributed by atoms with E-state index in [0.717, 1.165) is 14.9 Å². The lowest BCUT2D eigenvalue weighted by molar-refractivity contribution is 0.0955. The molecule has 0 aliphatic heterocycles. The van der Waals surface area contributed by atoms with E-state index in [9.17, 15) is 4.79 Å². The van der Waals surface area contributed by atoms with Crippen LogP contribution in [0.25, 0.3) is 0 Å². The normalized spacial score (nSPS) is 10.5. The number of carbonyl (C=O) groups excluding carboxylic acids is 1. The molecule has 6 heteroatoms. The quantitative estimate of drug-likeness (QED) is 0.503. The molecule has 0 saturated carbocycles. The fourth-order valence-corrected chi connectivity index (χ4v) is 2.26. The maximum absolute atomic E-state index is 11.7. The van der Waals surface area contributed by atoms with Crippen molar-refractivity contribution >= 4 is 34.7 Å². The van der Waals surface area contributed by atoms with Crippen molar-refractivity contribution in [3.63, 3.8) is 0 Å². The number of hydrogen-bond acceptors (Lipinski definition) is 4. The second kappa shape index (κ2) is 6.99. The van der Waals surface area contributed by atoms with Crippen LogP contribution in [-0.4, -0.2) is 24.2 Å². The van der Waals surface area contributed by atoms with Crippen LogP contribution in [-0.2, 0) is 0 Å². The smallest absolute Gasteiger partial charge is 0.271 e. The minimum absolute atomic E-state index is 0.271. The first-order chi connectivity index (χ1) is 9.70. The second-order valence-electron chi connectivity index (χ2n) is 3.83. The summed E-state index contributed by atoms with van der Waals surface area (Å²) in [7, 11) is 1.63. The summed E-state index contributed by atoms with van der Waals surface area (Å²) in [5, 5.41) is 3.93. The van der Waals surface area contributed by atoms with E-state index in [1.54, 1.807) is 37.9 Å². The third-order valence-corrected chi connectivity index (χ3v) is 3.34. The van der Waals surface area contributed by atoms with Gasteiger partial charge >= 0.3 is 0 Å². The highest BCUT2D eigenvalue weighted by Gasteiger charge is 2.02. The number of benzene rings is 1. The average molecular weight is 381 g/mol. The molecule has 0 aliphatic carbocycles. The summed E-state index contributed by atoms with van der Waals surface area (Å²) >= 11 is 2.18. The molecule has 0 unspecified atom stereocenters. The van der Waals surface area contributed by atoms with E-state index in [-0.39, 0.29) is 5.91 Å². The number of ether oxygens (including phenoxy) is 1. The van der Waals surface area contributed by atoms with E-state index in [0.29, 0.717) is 5.56 Å². The van der Waals surface area contributed by atoms with Crippen LogP contribution >= 0.6 is 22.6 Å². The van der Waals surface area contributed by atoms with Crippen molar-refractivity contribution in [3.05, 3.63) is 57.4 Å². The molecule has 0 atom stereocenters. The van der Waals surface area contributed by atoms with Gasteiger partial charge in [0.2, 0.25) is 0 Å². The van der Waals surface area contributed by atoms with Gasteiger partial charge in [0.1, 0.15) is 5.75 Å². The van der Waals surface area contributed by atoms with Gasteiger partial charge in [-0.2, -0.15) is 5.10 Å². The Morgan fingerprint density at radius 3 is 2.75 bits per heavy atom. The first-order valence-electron chi connectivity index (χ1n) is 5.77. The van der Waals surface area contributed by atoms with Crippen LogP contribution in [0.2, 0.25) is 0 Å². The summed E-state index contributed by atoms with van der Waals surface area (Å²) in [6.07, 6.45) is 4.70. The molecule has 1 N–H and O–H groups in total. The average Bonchev–Trinajstić information content (AvgIpc) is 2.48. The van der Waals surface area contributed by atoms with Gasteiger partial charge in [-0.15, -0.1) is 0 Å². The zero-order chi connectivity index (χ0) is 14.4. The van der Waals surface area contributed by atoms with Gasteiger partial charge in [-0.1, -0.05) is 0 Å². The molecule has 1 heterocycles. The Kier molecular flexibility index (Phi) is 5.05. The highest BCUT2D eigenvalue weighted by molar-refractivity contribution is 14.1. The van der Waals surface area contributed by atoms with Crippen LogP contribution in [0, 0.1) is 3.57 Å². The van der Waals surface area contributed by atoms with E-state index in [1.165, 1.54) is 0 Å². The van der Waals surface area contributed by atoms with Gasteiger partial charge in [0.05, 0.1) is 16.9 Å². The molecule has 0 fully saturated rings. The third kappa shape index (κ3) is 3.77. The standard InChI is InChI=1S/C14H12IN3O2/c1-20-13-3-2-10(8-12(13)15)9-17-18-14(19)11-4-6-16-7-5-11/h2-9H,1H3,(H,18,19)/b17-9+. The molecule has 102 valence electrons. The number of halogens is 1. The zero-order valence-corrected chi connectivity index (χ0v) is 12.9. The van der Waals surface area contributed by atoms with Crippen molar-refractivity contribution in [2.75, 3.05) is 7.11 Å². The van der Waals surface area contributed by atoms with Gasteiger partial charge in [-0.3, -0.25) is 9.78 Å². The maximum atomic E-state index is 11.7. The summed E-state index contributed by atoms with van der Waals surface area (Å²) in [6.45, 7) is 0. The van der Waals surface area contributed by atoms with Gasteiger partial charge in [0.25, 0.3) is 5.91 Å². The molecule has 0 bridgehead atoms. The summed E-state index contributed by atoms with van der Waals surface area (Å²) < 4.78 is 6.15. The van der Waals surface area contributed by atoms with Crippen molar-refractivity contribution < 1.29 is 9.53 Å². The van der Waals surface area contributed by atoms with Crippen LogP contribution in [0.1, 0.15) is 15.9 Å². The summed E-state index contributed by atoms with van der Waals surface area (Å²) in [4.78, 5) is 15.6. The maximum Gasteiger partial charge on any atom is 0.271 e. The lowest BCUT2D eigenvalue weighted by Gasteiger charge is -2.03. The number of amides is 1. The molecule has 0 saturated heterocycles. The van der Waals surface area contributed by atoms with E-state index in [2.05, 4.69) is 38.1 Å². The van der Waals surface area contributed by atoms with Gasteiger partial charge in [-0.05, 0) is 58.5 Å². The summed E-state index contributed by atoms with van der Waals surface area (Å²) in [5.41, 5.74) is 3.86. The second-order valence-corrected chi connectivity index (χ2v) is 4.99. The van der Waals surface area contributed by atoms with Crippen molar-refractivity contribution in [2.45, 2.75) is 0 Å². The van der Waals surface area contributed by atoms with E-state index in [1.807, 2.05) is 18.2 Å². The molecule has 5 nitrogen and oxygen atoms in total. The first kappa shape index (κ1) is 14.4. The number of hydrogen-bond donors (Lipinski definition) is 1. The van der Waals surface area contributed by atoms with E-state index in [4.69, 9.17) is 4.74 Å². The van der Waals surface area contributed by atoms with Crippen molar-refractivity contribution in [3.8, 4) is 5.75 Å². The molecular formula is C14H12IN3O2. The molecule has 20 heavy (non-hydrogen) atoms. The van der Waals surface area contributed by atoms with E-state index < -0.39 is 0 Å². The fraction of sp³-hybridized carbons (Fsp3) is 0.0714. The Morgan fingerprint density at radius 1 is 1.35 bits per heavy atom. The number of nitrogens with zero attached hydrogens (tertiary/aromatic N) is 2. The number of aromatic nitrogens is 1. The molecule has 0 aliphatic rings. The molecule has 2 aromatic rings. The Hall–Kier alpha value is -1.96. The van der Waals surface area contributed by atoms with Crippen LogP contribution < -0.4 is 10.2 Å². The highest BCUT2D eigenvalue weighted by atomic mass is 127. The van der Waals surface area contributed by atoms with Crippen molar-refractivity contribution in [2.24, 2.45) is 5.10 Å². The number of carbonyl (C=O) groups is 1. The lowest BCUT2D eigenvalue weighted by Crippen LogP contribution is -2.17. The zero-order valence-electron chi connectivity index (χ0n) is 10.7. The highest BCUT2D eigenvalue weighted by Crippen LogP contribution is 2.20. The minimum atomic E-state index is -0.271. The van der Waals surface area contributed by atoms with Crippen LogP contribution in [0.3, 0.4) is 0 Å². The van der Waals surface area contributed by atoms with Gasteiger partial charge in [0, 0.05) is 18.0 Å². The minimum Gasteiger partial charge on any atom is -0.496 e. The number of rotatable bonds is 4. The van der Waals surface area contributed by atoms with Gasteiger partial charge in [0.15, 0.2) is 0 Å². The summed E-state index contributed by atoms with van der Waals surface area (Å²) in [6, 6.07) is 8.89. The topological polar surface area (TPSA) is 63.6 Å². The third-order valence-electron chi connectivity index (χ3n) is 2.50. The van der Waals surface area contributed by atoms with Gasteiger partial charge in [-0.25, -0.2) is 5.43 Å². The number of hydrazone groups is 1. The van der Waals surface area contributed by atoms with E-state index >= 15 is 0 Å². The monoisotopic (exact) mass is 381 g/mol. The number of nitrogens with one attached hydrogen (secondary N) is 1. The molecule has 2 rings (SSSR count). The molecule has 1 aromatic heterocycles. The van der Waals surface area contributed by atoms with Crippen molar-refractivity contribution in [1.29, 1.82) is 0 Å². The SMILES string of the molecule is COc1ccc(/C=N/NC(=O)c2ccncc2)cc1I.